The Bertz CT molecular complexity index is 329. The third-order valence-electron chi connectivity index (χ3n) is 5.37. The molecule has 0 N–H and O–H groups in total. The molecule has 9 heteroatoms. The van der Waals surface area contributed by atoms with Crippen LogP contribution in [-0.2, 0) is 26.6 Å². The summed E-state index contributed by atoms with van der Waals surface area (Å²) in [5, 5.41) is 0.376. The van der Waals surface area contributed by atoms with Gasteiger partial charge in [-0.2, -0.15) is 0 Å². The molecular weight excluding hydrogens is 396 g/mol. The Morgan fingerprint density at radius 2 is 0.667 bits per heavy atom. The van der Waals surface area contributed by atoms with Crippen molar-refractivity contribution in [2.45, 2.75) is 78.8 Å². The summed E-state index contributed by atoms with van der Waals surface area (Å²) in [6.45, 7) is 24.7. The standard InChI is InChI=1S/C18H44O6Si3/c1-11-19-26(20-12-2,21-13-3)17(7)25(9,10)18(8)27(22-14-4,23-15-5)24-16-6/h17-18H,11-16H2,1-10H3. The van der Waals surface area contributed by atoms with Gasteiger partial charge in [-0.25, -0.2) is 0 Å². The zero-order valence-electron chi connectivity index (χ0n) is 19.3. The van der Waals surface area contributed by atoms with E-state index in [1.54, 1.807) is 0 Å². The molecule has 0 bridgehead atoms. The van der Waals surface area contributed by atoms with Crippen LogP contribution in [0.4, 0.5) is 0 Å². The Morgan fingerprint density at radius 1 is 0.481 bits per heavy atom. The molecule has 0 aliphatic rings. The van der Waals surface area contributed by atoms with Crippen LogP contribution in [0, 0.1) is 0 Å². The highest BCUT2D eigenvalue weighted by molar-refractivity contribution is 6.99. The van der Waals surface area contributed by atoms with Gasteiger partial charge in [0.2, 0.25) is 0 Å². The summed E-state index contributed by atoms with van der Waals surface area (Å²) < 4.78 is 37.3. The first-order chi connectivity index (χ1) is 12.7. The normalized spacial score (nSPS) is 15.8. The molecule has 0 spiro atoms. The second-order valence-electron chi connectivity index (χ2n) is 7.07. The second kappa shape index (κ2) is 12.9. The smallest absolute Gasteiger partial charge is 0.374 e. The monoisotopic (exact) mass is 440 g/mol. The first-order valence-electron chi connectivity index (χ1n) is 10.5. The lowest BCUT2D eigenvalue weighted by Crippen LogP contribution is -2.64. The largest absolute Gasteiger partial charge is 0.501 e. The minimum Gasteiger partial charge on any atom is -0.374 e. The van der Waals surface area contributed by atoms with Gasteiger partial charge in [-0.05, 0) is 41.5 Å². The molecule has 0 aromatic carbocycles. The van der Waals surface area contributed by atoms with Crippen LogP contribution in [0.25, 0.3) is 0 Å². The van der Waals surface area contributed by atoms with Crippen molar-refractivity contribution in [3.8, 4) is 0 Å². The number of hydrogen-bond donors (Lipinski definition) is 0. The van der Waals surface area contributed by atoms with Crippen molar-refractivity contribution in [3.05, 3.63) is 0 Å². The highest BCUT2D eigenvalue weighted by Gasteiger charge is 2.62. The van der Waals surface area contributed by atoms with E-state index in [-0.39, 0.29) is 10.3 Å². The predicted octanol–water partition coefficient (Wildman–Crippen LogP) is 4.65. The average molecular weight is 441 g/mol. The summed E-state index contributed by atoms with van der Waals surface area (Å²) in [7, 11) is -7.69. The Labute approximate surface area is 171 Å². The van der Waals surface area contributed by atoms with Gasteiger partial charge in [0.15, 0.2) is 0 Å². The van der Waals surface area contributed by atoms with Crippen LogP contribution in [0.1, 0.15) is 55.4 Å². The summed E-state index contributed by atoms with van der Waals surface area (Å²) in [5.41, 5.74) is 0. The molecule has 2 atom stereocenters. The first-order valence-corrected chi connectivity index (χ1v) is 17.3. The summed E-state index contributed by atoms with van der Waals surface area (Å²) in [6.07, 6.45) is 0. The summed E-state index contributed by atoms with van der Waals surface area (Å²) in [5.74, 6) is 0. The van der Waals surface area contributed by atoms with Crippen molar-refractivity contribution < 1.29 is 26.6 Å². The quantitative estimate of drug-likeness (QED) is 0.326. The molecule has 0 aliphatic heterocycles. The van der Waals surface area contributed by atoms with Gasteiger partial charge in [-0.1, -0.05) is 26.9 Å². The highest BCUT2D eigenvalue weighted by Crippen LogP contribution is 2.45. The molecule has 0 heterocycles. The lowest BCUT2D eigenvalue weighted by Gasteiger charge is -2.47. The highest BCUT2D eigenvalue weighted by atomic mass is 28.5. The lowest BCUT2D eigenvalue weighted by molar-refractivity contribution is 0.0651. The van der Waals surface area contributed by atoms with E-state index in [0.29, 0.717) is 39.6 Å². The zero-order valence-corrected chi connectivity index (χ0v) is 22.3. The third-order valence-corrected chi connectivity index (χ3v) is 22.7. The van der Waals surface area contributed by atoms with Gasteiger partial charge >= 0.3 is 17.6 Å². The summed E-state index contributed by atoms with van der Waals surface area (Å²) in [6, 6.07) is 0. The van der Waals surface area contributed by atoms with Crippen molar-refractivity contribution in [1.82, 2.24) is 0 Å². The Kier molecular flexibility index (Phi) is 13.1. The molecule has 6 nitrogen and oxygen atoms in total. The minimum atomic E-state index is -2.83. The minimum absolute atomic E-state index is 0.188. The van der Waals surface area contributed by atoms with Crippen LogP contribution in [0.15, 0.2) is 0 Å². The SMILES string of the molecule is CCO[Si](OCC)(OCC)C(C)[Si](C)(C)C(C)[Si](OCC)(OCC)OCC. The van der Waals surface area contributed by atoms with Crippen LogP contribution in [-0.4, -0.2) is 65.3 Å². The van der Waals surface area contributed by atoms with Gasteiger partial charge in [0.25, 0.3) is 0 Å². The third kappa shape index (κ3) is 6.72. The van der Waals surface area contributed by atoms with Crippen LogP contribution in [0.5, 0.6) is 0 Å². The Morgan fingerprint density at radius 3 is 0.815 bits per heavy atom. The molecule has 0 aromatic rings. The van der Waals surface area contributed by atoms with Crippen LogP contribution in [0.3, 0.4) is 0 Å². The van der Waals surface area contributed by atoms with E-state index >= 15 is 0 Å². The maximum atomic E-state index is 6.22. The topological polar surface area (TPSA) is 55.4 Å². The molecule has 0 rings (SSSR count). The maximum Gasteiger partial charge on any atom is 0.501 e. The summed E-state index contributed by atoms with van der Waals surface area (Å²) >= 11 is 0. The van der Waals surface area contributed by atoms with E-state index in [0.717, 1.165) is 0 Å². The first kappa shape index (κ1) is 27.4. The zero-order chi connectivity index (χ0) is 21.1. The molecule has 2 unspecified atom stereocenters. The second-order valence-corrected chi connectivity index (χ2v) is 19.5. The van der Waals surface area contributed by atoms with Crippen molar-refractivity contribution in [3.63, 3.8) is 0 Å². The van der Waals surface area contributed by atoms with E-state index in [4.69, 9.17) is 26.6 Å². The molecule has 0 aromatic heterocycles. The molecular formula is C18H44O6Si3. The molecule has 0 aliphatic carbocycles. The van der Waals surface area contributed by atoms with Crippen molar-refractivity contribution in [2.24, 2.45) is 0 Å². The molecule has 0 fully saturated rings. The Hall–Kier alpha value is 0.411. The maximum absolute atomic E-state index is 6.22. The van der Waals surface area contributed by atoms with Crippen molar-refractivity contribution >= 4 is 25.7 Å². The van der Waals surface area contributed by atoms with Gasteiger partial charge in [0, 0.05) is 50.0 Å². The van der Waals surface area contributed by atoms with Crippen LogP contribution < -0.4 is 0 Å². The molecule has 0 saturated heterocycles. The van der Waals surface area contributed by atoms with Gasteiger partial charge in [0.05, 0.1) is 8.07 Å². The molecule has 0 radical (unpaired) electrons. The van der Waals surface area contributed by atoms with Crippen molar-refractivity contribution in [1.29, 1.82) is 0 Å². The van der Waals surface area contributed by atoms with Crippen LogP contribution in [0.2, 0.25) is 23.4 Å². The molecule has 0 saturated carbocycles. The van der Waals surface area contributed by atoms with E-state index in [9.17, 15) is 0 Å². The van der Waals surface area contributed by atoms with E-state index in [1.807, 2.05) is 41.5 Å². The molecule has 164 valence electrons. The number of hydrogen-bond acceptors (Lipinski definition) is 6. The van der Waals surface area contributed by atoms with Gasteiger partial charge < -0.3 is 26.6 Å². The number of rotatable bonds is 16. The molecule has 0 amide bonds. The fourth-order valence-corrected chi connectivity index (χ4v) is 19.4. The molecule has 27 heavy (non-hydrogen) atoms. The van der Waals surface area contributed by atoms with E-state index in [1.165, 1.54) is 0 Å². The predicted molar refractivity (Wildman–Crippen MR) is 118 cm³/mol. The van der Waals surface area contributed by atoms with E-state index < -0.39 is 25.7 Å². The fraction of sp³-hybridized carbons (Fsp3) is 1.00. The van der Waals surface area contributed by atoms with E-state index in [2.05, 4.69) is 26.9 Å². The Balaban J connectivity index is 6.03. The van der Waals surface area contributed by atoms with Gasteiger partial charge in [0.1, 0.15) is 0 Å². The van der Waals surface area contributed by atoms with Crippen LogP contribution >= 0.6 is 0 Å². The summed E-state index contributed by atoms with van der Waals surface area (Å²) in [4.78, 5) is 0. The fourth-order valence-electron chi connectivity index (χ4n) is 3.49. The lowest BCUT2D eigenvalue weighted by atomic mass is 10.9. The average Bonchev–Trinajstić information content (AvgIpc) is 2.61. The van der Waals surface area contributed by atoms with Gasteiger partial charge in [-0.15, -0.1) is 0 Å². The van der Waals surface area contributed by atoms with Crippen molar-refractivity contribution in [2.75, 3.05) is 39.6 Å². The van der Waals surface area contributed by atoms with Gasteiger partial charge in [-0.3, -0.25) is 0 Å².